The Hall–Kier alpha value is -1.81. The van der Waals surface area contributed by atoms with Crippen molar-refractivity contribution in [1.82, 2.24) is 5.32 Å². The minimum atomic E-state index is -3.05. The molecule has 160 valence electrons. The van der Waals surface area contributed by atoms with Gasteiger partial charge in [-0.05, 0) is 56.2 Å². The topological polar surface area (TPSA) is 79.8 Å². The van der Waals surface area contributed by atoms with Gasteiger partial charge in [-0.15, -0.1) is 24.0 Å². The molecule has 2 aromatic rings. The Morgan fingerprint density at radius 1 is 1.10 bits per heavy atom. The van der Waals surface area contributed by atoms with Crippen molar-refractivity contribution in [1.29, 1.82) is 0 Å². The summed E-state index contributed by atoms with van der Waals surface area (Å²) in [6.45, 7) is 6.79. The summed E-state index contributed by atoms with van der Waals surface area (Å²) in [5.74, 6) is 1.37. The van der Waals surface area contributed by atoms with Crippen molar-refractivity contribution in [2.24, 2.45) is 4.99 Å². The van der Waals surface area contributed by atoms with Crippen LogP contribution in [0.5, 0.6) is 5.75 Å². The molecular weight excluding hydrogens is 501 g/mol. The number of aryl methyl sites for hydroxylation is 1. The highest BCUT2D eigenvalue weighted by molar-refractivity contribution is 14.0. The zero-order chi connectivity index (χ0) is 20.6. The van der Waals surface area contributed by atoms with E-state index in [9.17, 15) is 8.42 Å². The van der Waals surface area contributed by atoms with Gasteiger partial charge < -0.3 is 15.4 Å². The number of ether oxygens (including phenoxy) is 1. The highest BCUT2D eigenvalue weighted by Crippen LogP contribution is 2.17. The molecular formula is C21H30IN3O3S. The Balaban J connectivity index is 0.00000420. The lowest BCUT2D eigenvalue weighted by atomic mass is 10.1. The van der Waals surface area contributed by atoms with Crippen LogP contribution in [0.25, 0.3) is 0 Å². The normalized spacial score (nSPS) is 11.7. The molecule has 0 bridgehead atoms. The van der Waals surface area contributed by atoms with Crippen molar-refractivity contribution in [3.05, 3.63) is 59.7 Å². The number of nitrogens with zero attached hydrogens (tertiary/aromatic N) is 1. The second kappa shape index (κ2) is 12.0. The SMILES string of the molecule is Cc1ccccc1CN=C(NCCS(C)(=O)=O)Nc1ccc(OC(C)C)cc1.I. The molecule has 2 rings (SSSR count). The Morgan fingerprint density at radius 3 is 2.34 bits per heavy atom. The zero-order valence-electron chi connectivity index (χ0n) is 17.3. The van der Waals surface area contributed by atoms with E-state index in [-0.39, 0.29) is 42.4 Å². The number of rotatable bonds is 8. The minimum absolute atomic E-state index is 0. The smallest absolute Gasteiger partial charge is 0.196 e. The van der Waals surface area contributed by atoms with Crippen LogP contribution in [0.2, 0.25) is 0 Å². The van der Waals surface area contributed by atoms with E-state index in [2.05, 4.69) is 15.6 Å². The van der Waals surface area contributed by atoms with E-state index in [1.165, 1.54) is 6.26 Å². The summed E-state index contributed by atoms with van der Waals surface area (Å²) in [4.78, 5) is 4.61. The molecule has 0 radical (unpaired) electrons. The van der Waals surface area contributed by atoms with Crippen LogP contribution in [0.4, 0.5) is 5.69 Å². The first-order valence-electron chi connectivity index (χ1n) is 9.27. The van der Waals surface area contributed by atoms with Gasteiger partial charge in [0.15, 0.2) is 5.96 Å². The lowest BCUT2D eigenvalue weighted by Crippen LogP contribution is -2.34. The molecule has 6 nitrogen and oxygen atoms in total. The summed E-state index contributed by atoms with van der Waals surface area (Å²) in [6, 6.07) is 15.6. The number of hydrogen-bond acceptors (Lipinski definition) is 4. The predicted octanol–water partition coefficient (Wildman–Crippen LogP) is 4.00. The quantitative estimate of drug-likeness (QED) is 0.306. The van der Waals surface area contributed by atoms with Crippen molar-refractivity contribution >= 4 is 45.5 Å². The summed E-state index contributed by atoms with van der Waals surface area (Å²) in [6.07, 6.45) is 1.34. The number of guanidine groups is 1. The number of nitrogens with one attached hydrogen (secondary N) is 2. The van der Waals surface area contributed by atoms with E-state index in [1.807, 2.05) is 69.3 Å². The molecule has 0 aliphatic carbocycles. The third-order valence-electron chi connectivity index (χ3n) is 3.92. The average Bonchev–Trinajstić information content (AvgIpc) is 2.61. The van der Waals surface area contributed by atoms with Gasteiger partial charge in [0.25, 0.3) is 0 Å². The maximum absolute atomic E-state index is 11.4. The molecule has 0 aliphatic rings. The molecule has 8 heteroatoms. The Kier molecular flexibility index (Phi) is 10.5. The van der Waals surface area contributed by atoms with Crippen LogP contribution in [0.15, 0.2) is 53.5 Å². The summed E-state index contributed by atoms with van der Waals surface area (Å²) in [5.41, 5.74) is 3.12. The van der Waals surface area contributed by atoms with Crippen LogP contribution in [0, 0.1) is 6.92 Å². The van der Waals surface area contributed by atoms with Crippen molar-refractivity contribution in [3.8, 4) is 5.75 Å². The maximum Gasteiger partial charge on any atom is 0.196 e. The van der Waals surface area contributed by atoms with Crippen molar-refractivity contribution in [3.63, 3.8) is 0 Å². The third kappa shape index (κ3) is 9.98. The molecule has 0 unspecified atom stereocenters. The third-order valence-corrected chi connectivity index (χ3v) is 4.87. The molecule has 0 saturated heterocycles. The van der Waals surface area contributed by atoms with Gasteiger partial charge in [0.05, 0.1) is 18.4 Å². The van der Waals surface area contributed by atoms with E-state index < -0.39 is 9.84 Å². The lowest BCUT2D eigenvalue weighted by Gasteiger charge is -2.14. The Bertz CT molecular complexity index is 898. The molecule has 0 aliphatic heterocycles. The second-order valence-corrected chi connectivity index (χ2v) is 9.22. The Morgan fingerprint density at radius 2 is 1.76 bits per heavy atom. The van der Waals surface area contributed by atoms with Crippen LogP contribution >= 0.6 is 24.0 Å². The fourth-order valence-electron chi connectivity index (χ4n) is 2.47. The van der Waals surface area contributed by atoms with Crippen LogP contribution in [0.1, 0.15) is 25.0 Å². The molecule has 29 heavy (non-hydrogen) atoms. The summed E-state index contributed by atoms with van der Waals surface area (Å²) in [7, 11) is -3.05. The number of aliphatic imine (C=N–C) groups is 1. The van der Waals surface area contributed by atoms with Gasteiger partial charge in [-0.2, -0.15) is 0 Å². The fourth-order valence-corrected chi connectivity index (χ4v) is 2.94. The van der Waals surface area contributed by atoms with E-state index in [1.54, 1.807) is 0 Å². The molecule has 0 amide bonds. The first-order valence-corrected chi connectivity index (χ1v) is 11.3. The first kappa shape index (κ1) is 25.2. The molecule has 0 atom stereocenters. The number of hydrogen-bond donors (Lipinski definition) is 2. The molecule has 0 fully saturated rings. The largest absolute Gasteiger partial charge is 0.491 e. The average molecular weight is 531 g/mol. The summed E-state index contributed by atoms with van der Waals surface area (Å²) < 4.78 is 28.5. The molecule has 0 saturated carbocycles. The van der Waals surface area contributed by atoms with Crippen LogP contribution in [-0.2, 0) is 16.4 Å². The molecule has 0 aromatic heterocycles. The van der Waals surface area contributed by atoms with E-state index in [4.69, 9.17) is 4.74 Å². The monoisotopic (exact) mass is 531 g/mol. The van der Waals surface area contributed by atoms with Crippen LogP contribution in [0.3, 0.4) is 0 Å². The standard InChI is InChI=1S/C21H29N3O3S.HI/c1-16(2)27-20-11-9-19(10-12-20)24-21(22-13-14-28(4,25)26)23-15-18-8-6-5-7-17(18)3;/h5-12,16H,13-15H2,1-4H3,(H2,22,23,24);1H. The number of anilines is 1. The van der Waals surface area contributed by atoms with Gasteiger partial charge >= 0.3 is 0 Å². The lowest BCUT2D eigenvalue weighted by molar-refractivity contribution is 0.242. The summed E-state index contributed by atoms with van der Waals surface area (Å²) in [5, 5.41) is 6.31. The van der Waals surface area contributed by atoms with E-state index >= 15 is 0 Å². The van der Waals surface area contributed by atoms with Crippen LogP contribution < -0.4 is 15.4 Å². The maximum atomic E-state index is 11.4. The van der Waals surface area contributed by atoms with Gasteiger partial charge in [0.1, 0.15) is 15.6 Å². The molecule has 0 heterocycles. The van der Waals surface area contributed by atoms with Crippen molar-refractivity contribution in [2.45, 2.75) is 33.4 Å². The van der Waals surface area contributed by atoms with Gasteiger partial charge in [-0.1, -0.05) is 24.3 Å². The second-order valence-electron chi connectivity index (χ2n) is 6.96. The van der Waals surface area contributed by atoms with Crippen molar-refractivity contribution < 1.29 is 13.2 Å². The highest BCUT2D eigenvalue weighted by Gasteiger charge is 2.06. The predicted molar refractivity (Wildman–Crippen MR) is 131 cm³/mol. The van der Waals surface area contributed by atoms with Crippen LogP contribution in [-0.4, -0.2) is 39.0 Å². The Labute approximate surface area is 191 Å². The highest BCUT2D eigenvalue weighted by atomic mass is 127. The van der Waals surface area contributed by atoms with Crippen molar-refractivity contribution in [2.75, 3.05) is 23.9 Å². The van der Waals surface area contributed by atoms with E-state index in [0.29, 0.717) is 12.5 Å². The zero-order valence-corrected chi connectivity index (χ0v) is 20.5. The van der Waals surface area contributed by atoms with Gasteiger partial charge in [-0.3, -0.25) is 0 Å². The number of benzene rings is 2. The van der Waals surface area contributed by atoms with Gasteiger partial charge in [-0.25, -0.2) is 13.4 Å². The number of halogens is 1. The fraction of sp³-hybridized carbons (Fsp3) is 0.381. The van der Waals surface area contributed by atoms with E-state index in [0.717, 1.165) is 22.6 Å². The molecule has 2 N–H and O–H groups in total. The minimum Gasteiger partial charge on any atom is -0.491 e. The first-order chi connectivity index (χ1) is 13.2. The van der Waals surface area contributed by atoms with Gasteiger partial charge in [0, 0.05) is 18.5 Å². The molecule has 0 spiro atoms. The van der Waals surface area contributed by atoms with Gasteiger partial charge in [0.2, 0.25) is 0 Å². The summed E-state index contributed by atoms with van der Waals surface area (Å²) >= 11 is 0. The number of sulfone groups is 1. The molecule has 2 aromatic carbocycles.